The van der Waals surface area contributed by atoms with Gasteiger partial charge in [-0.25, -0.2) is 4.79 Å². The van der Waals surface area contributed by atoms with Gasteiger partial charge in [0, 0.05) is 23.9 Å². The molecule has 7 heteroatoms. The summed E-state index contributed by atoms with van der Waals surface area (Å²) in [7, 11) is 0. The number of ether oxygens (including phenoxy) is 1. The van der Waals surface area contributed by atoms with Gasteiger partial charge in [0.2, 0.25) is 11.8 Å². The lowest BCUT2D eigenvalue weighted by Crippen LogP contribution is -2.36. The highest BCUT2D eigenvalue weighted by molar-refractivity contribution is 6.02. The number of Topliss-reactive ketones (excluding diaryl/α,β-unsaturated/α-hetero) is 1. The second-order valence-corrected chi connectivity index (χ2v) is 6.05. The summed E-state index contributed by atoms with van der Waals surface area (Å²) in [4.78, 5) is 48.6. The minimum atomic E-state index is -0.449. The molecule has 0 aliphatic heterocycles. The minimum absolute atomic E-state index is 0.0631. The maximum Gasteiger partial charge on any atom is 0.338 e. The smallest absolute Gasteiger partial charge is 0.338 e. The SMILES string of the molecule is CCOC(=O)c1ccc(N(CC(=O)Nc2ccc(C(C)=O)cc2)C(C)=O)cc1. The summed E-state index contributed by atoms with van der Waals surface area (Å²) >= 11 is 0. The number of nitrogens with one attached hydrogen (secondary N) is 1. The topological polar surface area (TPSA) is 92.8 Å². The molecule has 0 unspecified atom stereocenters. The summed E-state index contributed by atoms with van der Waals surface area (Å²) in [5, 5.41) is 2.69. The third-order valence-corrected chi connectivity index (χ3v) is 3.95. The Kier molecular flexibility index (Phi) is 7.03. The van der Waals surface area contributed by atoms with Crippen LogP contribution < -0.4 is 10.2 Å². The van der Waals surface area contributed by atoms with E-state index in [1.165, 1.54) is 18.7 Å². The normalized spacial score (nSPS) is 10.1. The number of hydrogen-bond acceptors (Lipinski definition) is 5. The van der Waals surface area contributed by atoms with E-state index in [1.54, 1.807) is 55.5 Å². The van der Waals surface area contributed by atoms with Crippen molar-refractivity contribution in [1.29, 1.82) is 0 Å². The Morgan fingerprint density at radius 3 is 1.96 bits per heavy atom. The van der Waals surface area contributed by atoms with Crippen LogP contribution in [0.15, 0.2) is 48.5 Å². The van der Waals surface area contributed by atoms with Gasteiger partial charge in [0.1, 0.15) is 6.54 Å². The molecule has 1 N–H and O–H groups in total. The number of esters is 1. The van der Waals surface area contributed by atoms with E-state index in [4.69, 9.17) is 4.74 Å². The summed E-state index contributed by atoms with van der Waals surface area (Å²) < 4.78 is 4.93. The van der Waals surface area contributed by atoms with E-state index in [-0.39, 0.29) is 30.7 Å². The van der Waals surface area contributed by atoms with Crippen molar-refractivity contribution in [3.05, 3.63) is 59.7 Å². The van der Waals surface area contributed by atoms with Crippen molar-refractivity contribution >= 4 is 34.9 Å². The van der Waals surface area contributed by atoms with Crippen molar-refractivity contribution < 1.29 is 23.9 Å². The molecule has 0 saturated carbocycles. The van der Waals surface area contributed by atoms with E-state index >= 15 is 0 Å². The molecule has 0 bridgehead atoms. The maximum atomic E-state index is 12.3. The predicted octanol–water partition coefficient (Wildman–Crippen LogP) is 3.06. The molecule has 0 fully saturated rings. The molecule has 146 valence electrons. The largest absolute Gasteiger partial charge is 0.462 e. The van der Waals surface area contributed by atoms with Crippen LogP contribution >= 0.6 is 0 Å². The molecule has 28 heavy (non-hydrogen) atoms. The quantitative estimate of drug-likeness (QED) is 0.587. The van der Waals surface area contributed by atoms with E-state index in [0.717, 1.165) is 0 Å². The lowest BCUT2D eigenvalue weighted by Gasteiger charge is -2.21. The van der Waals surface area contributed by atoms with Gasteiger partial charge in [-0.3, -0.25) is 14.4 Å². The fourth-order valence-electron chi connectivity index (χ4n) is 2.51. The lowest BCUT2D eigenvalue weighted by atomic mass is 10.1. The number of rotatable bonds is 7. The van der Waals surface area contributed by atoms with Gasteiger partial charge < -0.3 is 15.0 Å². The number of amides is 2. The number of nitrogens with zero attached hydrogens (tertiary/aromatic N) is 1. The third-order valence-electron chi connectivity index (χ3n) is 3.95. The van der Waals surface area contributed by atoms with Crippen LogP contribution in [-0.4, -0.2) is 36.7 Å². The summed E-state index contributed by atoms with van der Waals surface area (Å²) in [5.41, 5.74) is 1.92. The predicted molar refractivity (Wildman–Crippen MR) is 106 cm³/mol. The monoisotopic (exact) mass is 382 g/mol. The Hall–Kier alpha value is -3.48. The van der Waals surface area contributed by atoms with Gasteiger partial charge in [-0.15, -0.1) is 0 Å². The molecule has 7 nitrogen and oxygen atoms in total. The van der Waals surface area contributed by atoms with Crippen molar-refractivity contribution in [1.82, 2.24) is 0 Å². The molecule has 0 aliphatic rings. The highest BCUT2D eigenvalue weighted by Gasteiger charge is 2.17. The Bertz CT molecular complexity index is 873. The molecule has 0 aliphatic carbocycles. The molecule has 0 atom stereocenters. The molecule has 0 heterocycles. The highest BCUT2D eigenvalue weighted by Crippen LogP contribution is 2.17. The van der Waals surface area contributed by atoms with Crippen LogP contribution in [-0.2, 0) is 14.3 Å². The molecule has 2 rings (SSSR count). The Balaban J connectivity index is 2.07. The summed E-state index contributed by atoms with van der Waals surface area (Å²) in [6, 6.07) is 12.7. The fourth-order valence-corrected chi connectivity index (χ4v) is 2.51. The Labute approximate surface area is 163 Å². The molecule has 2 amide bonds. The number of ketones is 1. The Morgan fingerprint density at radius 1 is 0.893 bits per heavy atom. The Morgan fingerprint density at radius 2 is 1.46 bits per heavy atom. The van der Waals surface area contributed by atoms with Crippen LogP contribution in [0.25, 0.3) is 0 Å². The van der Waals surface area contributed by atoms with Gasteiger partial charge in [0.15, 0.2) is 5.78 Å². The first-order valence-corrected chi connectivity index (χ1v) is 8.78. The summed E-state index contributed by atoms with van der Waals surface area (Å²) in [6.07, 6.45) is 0. The molecule has 0 spiro atoms. The van der Waals surface area contributed by atoms with Gasteiger partial charge in [0.25, 0.3) is 0 Å². The van der Waals surface area contributed by atoms with Gasteiger partial charge in [0.05, 0.1) is 12.2 Å². The molecular weight excluding hydrogens is 360 g/mol. The zero-order valence-corrected chi connectivity index (χ0v) is 16.0. The van der Waals surface area contributed by atoms with Crippen LogP contribution in [0, 0.1) is 0 Å². The van der Waals surface area contributed by atoms with Gasteiger partial charge >= 0.3 is 5.97 Å². The van der Waals surface area contributed by atoms with Gasteiger partial charge in [-0.05, 0) is 62.4 Å². The van der Waals surface area contributed by atoms with Crippen LogP contribution in [0.4, 0.5) is 11.4 Å². The van der Waals surface area contributed by atoms with Crippen molar-refractivity contribution in [3.63, 3.8) is 0 Å². The summed E-state index contributed by atoms with van der Waals surface area (Å²) in [5.74, 6) is -1.21. The second kappa shape index (κ2) is 9.45. The first-order valence-electron chi connectivity index (χ1n) is 8.78. The van der Waals surface area contributed by atoms with E-state index in [0.29, 0.717) is 22.5 Å². The lowest BCUT2D eigenvalue weighted by molar-refractivity contribution is -0.120. The second-order valence-electron chi connectivity index (χ2n) is 6.05. The number of hydrogen-bond donors (Lipinski definition) is 1. The number of carbonyl (C=O) groups is 4. The molecule has 0 aromatic heterocycles. The maximum absolute atomic E-state index is 12.3. The highest BCUT2D eigenvalue weighted by atomic mass is 16.5. The van der Waals surface area contributed by atoms with Crippen LogP contribution in [0.2, 0.25) is 0 Å². The third kappa shape index (κ3) is 5.51. The number of anilines is 2. The molecule has 0 saturated heterocycles. The first kappa shape index (κ1) is 20.8. The molecular formula is C21H22N2O5. The van der Waals surface area contributed by atoms with E-state index < -0.39 is 5.97 Å². The minimum Gasteiger partial charge on any atom is -0.462 e. The van der Waals surface area contributed by atoms with Crippen LogP contribution in [0.1, 0.15) is 41.5 Å². The molecule has 0 radical (unpaired) electrons. The number of carbonyl (C=O) groups excluding carboxylic acids is 4. The molecule has 2 aromatic carbocycles. The average Bonchev–Trinajstić information content (AvgIpc) is 2.66. The standard InChI is InChI=1S/C21H22N2O5/c1-4-28-21(27)17-7-11-19(12-8-17)23(15(3)25)13-20(26)22-18-9-5-16(6-10-18)14(2)24/h5-12H,4,13H2,1-3H3,(H,22,26). The average molecular weight is 382 g/mol. The van der Waals surface area contributed by atoms with E-state index in [9.17, 15) is 19.2 Å². The fraction of sp³-hybridized carbons (Fsp3) is 0.238. The summed E-state index contributed by atoms with van der Waals surface area (Å²) in [6.45, 7) is 4.62. The van der Waals surface area contributed by atoms with Crippen molar-refractivity contribution in [2.45, 2.75) is 20.8 Å². The van der Waals surface area contributed by atoms with E-state index in [2.05, 4.69) is 5.32 Å². The van der Waals surface area contributed by atoms with Crippen molar-refractivity contribution in [2.24, 2.45) is 0 Å². The first-order chi connectivity index (χ1) is 13.3. The van der Waals surface area contributed by atoms with Crippen LogP contribution in [0.5, 0.6) is 0 Å². The number of benzene rings is 2. The van der Waals surface area contributed by atoms with Crippen LogP contribution in [0.3, 0.4) is 0 Å². The zero-order chi connectivity index (χ0) is 20.7. The van der Waals surface area contributed by atoms with Crippen molar-refractivity contribution in [3.8, 4) is 0 Å². The zero-order valence-electron chi connectivity index (χ0n) is 16.0. The van der Waals surface area contributed by atoms with Crippen molar-refractivity contribution in [2.75, 3.05) is 23.4 Å². The van der Waals surface area contributed by atoms with Gasteiger partial charge in [-0.2, -0.15) is 0 Å². The van der Waals surface area contributed by atoms with E-state index in [1.807, 2.05) is 0 Å². The van der Waals surface area contributed by atoms with Gasteiger partial charge in [-0.1, -0.05) is 0 Å². The molecule has 2 aromatic rings.